The number of carbonyl (C=O) groups excluding carboxylic acids is 1. The van der Waals surface area contributed by atoms with Crippen LogP contribution in [0.25, 0.3) is 0 Å². The summed E-state index contributed by atoms with van der Waals surface area (Å²) in [6, 6.07) is 0. The third kappa shape index (κ3) is 2.87. The molecule has 0 amide bonds. The molecule has 4 aliphatic rings. The third-order valence-electron chi connectivity index (χ3n) is 6.05. The monoisotopic (exact) mass is 314 g/mol. The van der Waals surface area contributed by atoms with Gasteiger partial charge in [-0.05, 0) is 56.8 Å². The van der Waals surface area contributed by atoms with E-state index in [1.807, 2.05) is 0 Å². The van der Waals surface area contributed by atoms with Gasteiger partial charge in [-0.1, -0.05) is 6.42 Å². The molecule has 5 heteroatoms. The molecule has 0 spiro atoms. The average molecular weight is 314 g/mol. The molecule has 2 unspecified atom stereocenters. The molecular formula is C16H27O4P. The lowest BCUT2D eigenvalue weighted by atomic mass is 9.48. The molecule has 4 fully saturated rings. The Morgan fingerprint density at radius 3 is 2.29 bits per heavy atom. The van der Waals surface area contributed by atoms with Crippen molar-refractivity contribution < 1.29 is 18.4 Å². The Balaban J connectivity index is 1.55. The standard InChI is InChI=1S/C16H27O4P/c1-19-21(18,20-2)6-4-3-5-16-10-12-7-13(11-16)9-14(8-12)15(16)17/h12-14H,3-11H2,1-2H3. The predicted octanol–water partition coefficient (Wildman–Crippen LogP) is 4.04. The molecule has 0 aromatic carbocycles. The number of carbonyl (C=O) groups is 1. The molecule has 0 aromatic rings. The lowest BCUT2D eigenvalue weighted by Crippen LogP contribution is -2.53. The molecule has 4 aliphatic carbocycles. The molecule has 0 heterocycles. The van der Waals surface area contributed by atoms with Crippen LogP contribution in [0.5, 0.6) is 0 Å². The first-order valence-corrected chi connectivity index (χ1v) is 9.98. The Bertz CT molecular complexity index is 439. The lowest BCUT2D eigenvalue weighted by molar-refractivity contribution is -0.153. The SMILES string of the molecule is COP(=O)(CCCCC12CC3CC(CC(C3)C1=O)C2)OC. The van der Waals surface area contributed by atoms with E-state index in [2.05, 4.69) is 0 Å². The Morgan fingerprint density at radius 1 is 1.10 bits per heavy atom. The van der Waals surface area contributed by atoms with Crippen LogP contribution in [0.1, 0.15) is 51.4 Å². The first-order chi connectivity index (χ1) is 10.0. The van der Waals surface area contributed by atoms with Crippen LogP contribution in [-0.4, -0.2) is 26.2 Å². The van der Waals surface area contributed by atoms with E-state index in [1.165, 1.54) is 20.6 Å². The summed E-state index contributed by atoms with van der Waals surface area (Å²) in [6.07, 6.45) is 9.09. The fourth-order valence-electron chi connectivity index (χ4n) is 5.29. The number of Topliss-reactive ketones (excluding diaryl/α,β-unsaturated/α-hetero) is 1. The zero-order valence-electron chi connectivity index (χ0n) is 13.2. The maximum absolute atomic E-state index is 12.7. The Kier molecular flexibility index (Phi) is 4.33. The highest BCUT2D eigenvalue weighted by Gasteiger charge is 2.56. The van der Waals surface area contributed by atoms with Gasteiger partial charge in [0.2, 0.25) is 0 Å². The van der Waals surface area contributed by atoms with Crippen molar-refractivity contribution in [2.45, 2.75) is 51.4 Å². The quantitative estimate of drug-likeness (QED) is 0.526. The molecule has 0 aromatic heterocycles. The Labute approximate surface area is 127 Å². The number of unbranched alkanes of at least 4 members (excludes halogenated alkanes) is 1. The highest BCUT2D eigenvalue weighted by Crippen LogP contribution is 2.60. The van der Waals surface area contributed by atoms with Crippen LogP contribution in [0.2, 0.25) is 0 Å². The molecule has 2 atom stereocenters. The fraction of sp³-hybridized carbons (Fsp3) is 0.938. The van der Waals surface area contributed by atoms with Crippen LogP contribution >= 0.6 is 7.60 Å². The van der Waals surface area contributed by atoms with Gasteiger partial charge in [0.05, 0.1) is 6.16 Å². The van der Waals surface area contributed by atoms with Gasteiger partial charge in [-0.3, -0.25) is 9.36 Å². The van der Waals surface area contributed by atoms with Crippen molar-refractivity contribution in [1.82, 2.24) is 0 Å². The minimum absolute atomic E-state index is 0.0289. The van der Waals surface area contributed by atoms with Crippen molar-refractivity contribution in [3.8, 4) is 0 Å². The van der Waals surface area contributed by atoms with E-state index < -0.39 is 7.60 Å². The summed E-state index contributed by atoms with van der Waals surface area (Å²) in [4.78, 5) is 12.7. The van der Waals surface area contributed by atoms with Gasteiger partial charge in [-0.25, -0.2) is 0 Å². The molecule has 4 nitrogen and oxygen atoms in total. The highest BCUT2D eigenvalue weighted by atomic mass is 31.2. The molecule has 120 valence electrons. The molecule has 4 bridgehead atoms. The molecule has 21 heavy (non-hydrogen) atoms. The first-order valence-electron chi connectivity index (χ1n) is 8.25. The van der Waals surface area contributed by atoms with E-state index in [-0.39, 0.29) is 5.41 Å². The number of hydrogen-bond acceptors (Lipinski definition) is 4. The minimum atomic E-state index is -2.88. The molecule has 0 saturated heterocycles. The van der Waals surface area contributed by atoms with Crippen LogP contribution in [-0.2, 0) is 18.4 Å². The van der Waals surface area contributed by atoms with Crippen LogP contribution in [0, 0.1) is 23.2 Å². The summed E-state index contributed by atoms with van der Waals surface area (Å²) >= 11 is 0. The molecule has 4 rings (SSSR count). The van der Waals surface area contributed by atoms with Crippen LogP contribution in [0.4, 0.5) is 0 Å². The van der Waals surface area contributed by atoms with Gasteiger partial charge < -0.3 is 9.05 Å². The maximum Gasteiger partial charge on any atom is 0.330 e. The van der Waals surface area contributed by atoms with Crippen LogP contribution < -0.4 is 0 Å². The summed E-state index contributed by atoms with van der Waals surface area (Å²) < 4.78 is 22.0. The van der Waals surface area contributed by atoms with E-state index in [9.17, 15) is 9.36 Å². The second-order valence-corrected chi connectivity index (χ2v) is 9.74. The summed E-state index contributed by atoms with van der Waals surface area (Å²) in [6.45, 7) is 0. The molecule has 0 radical (unpaired) electrons. The molecular weight excluding hydrogens is 287 g/mol. The second kappa shape index (κ2) is 5.79. The van der Waals surface area contributed by atoms with E-state index in [0.717, 1.165) is 56.8 Å². The van der Waals surface area contributed by atoms with Crippen molar-refractivity contribution in [3.63, 3.8) is 0 Å². The van der Waals surface area contributed by atoms with E-state index in [4.69, 9.17) is 9.05 Å². The molecule has 0 N–H and O–H groups in total. The van der Waals surface area contributed by atoms with Gasteiger partial charge in [0.25, 0.3) is 0 Å². The summed E-state index contributed by atoms with van der Waals surface area (Å²) in [5.41, 5.74) is -0.0289. The number of hydrogen-bond donors (Lipinski definition) is 0. The topological polar surface area (TPSA) is 52.6 Å². The zero-order chi connectivity index (χ0) is 15.1. The average Bonchev–Trinajstić information content (AvgIpc) is 2.48. The van der Waals surface area contributed by atoms with Gasteiger partial charge in [-0.15, -0.1) is 0 Å². The van der Waals surface area contributed by atoms with E-state index in [1.54, 1.807) is 0 Å². The van der Waals surface area contributed by atoms with Crippen molar-refractivity contribution in [2.75, 3.05) is 20.4 Å². The zero-order valence-corrected chi connectivity index (χ0v) is 14.1. The number of ketones is 1. The maximum atomic E-state index is 12.7. The Morgan fingerprint density at radius 2 is 1.71 bits per heavy atom. The van der Waals surface area contributed by atoms with E-state index >= 15 is 0 Å². The third-order valence-corrected chi connectivity index (χ3v) is 8.02. The van der Waals surface area contributed by atoms with Crippen LogP contribution in [0.3, 0.4) is 0 Å². The summed E-state index contributed by atoms with van der Waals surface area (Å²) in [5, 5.41) is 0. The van der Waals surface area contributed by atoms with Crippen molar-refractivity contribution in [1.29, 1.82) is 0 Å². The normalized spacial score (nSPS) is 38.2. The van der Waals surface area contributed by atoms with Gasteiger partial charge >= 0.3 is 7.60 Å². The second-order valence-electron chi connectivity index (χ2n) is 7.35. The first kappa shape index (κ1) is 15.7. The highest BCUT2D eigenvalue weighted by molar-refractivity contribution is 7.53. The molecule has 0 aliphatic heterocycles. The smallest absolute Gasteiger partial charge is 0.312 e. The summed E-state index contributed by atoms with van der Waals surface area (Å²) in [7, 11) is -0.00840. The number of rotatable bonds is 7. The van der Waals surface area contributed by atoms with Crippen molar-refractivity contribution in [2.24, 2.45) is 23.2 Å². The summed E-state index contributed by atoms with van der Waals surface area (Å²) in [5.74, 6) is 2.50. The Hall–Kier alpha value is -0.180. The largest absolute Gasteiger partial charge is 0.330 e. The van der Waals surface area contributed by atoms with Gasteiger partial charge in [-0.2, -0.15) is 0 Å². The van der Waals surface area contributed by atoms with Gasteiger partial charge in [0.15, 0.2) is 0 Å². The van der Waals surface area contributed by atoms with Crippen molar-refractivity contribution in [3.05, 3.63) is 0 Å². The lowest BCUT2D eigenvalue weighted by Gasteiger charge is -2.55. The van der Waals surface area contributed by atoms with E-state index in [0.29, 0.717) is 17.9 Å². The van der Waals surface area contributed by atoms with Crippen molar-refractivity contribution >= 4 is 13.4 Å². The predicted molar refractivity (Wildman–Crippen MR) is 81.3 cm³/mol. The van der Waals surface area contributed by atoms with Gasteiger partial charge in [0.1, 0.15) is 5.78 Å². The minimum Gasteiger partial charge on any atom is -0.312 e. The van der Waals surface area contributed by atoms with Gasteiger partial charge in [0, 0.05) is 25.6 Å². The van der Waals surface area contributed by atoms with Crippen LogP contribution in [0.15, 0.2) is 0 Å². The molecule has 4 saturated carbocycles. The fourth-order valence-corrected chi connectivity index (χ4v) is 6.41.